The molecular formula is C16H19N5O2. The van der Waals surface area contributed by atoms with Crippen LogP contribution in [-0.4, -0.2) is 44.8 Å². The predicted molar refractivity (Wildman–Crippen MR) is 84.0 cm³/mol. The lowest BCUT2D eigenvalue weighted by atomic mass is 10.1. The molecule has 1 aliphatic heterocycles. The first-order valence-corrected chi connectivity index (χ1v) is 7.55. The molecule has 1 aliphatic rings. The summed E-state index contributed by atoms with van der Waals surface area (Å²) >= 11 is 0. The maximum atomic E-state index is 12.6. The zero-order chi connectivity index (χ0) is 16.6. The summed E-state index contributed by atoms with van der Waals surface area (Å²) in [5.41, 5.74) is 8.32. The number of amides is 2. The Hall–Kier alpha value is -2.70. The molecule has 1 saturated heterocycles. The predicted octanol–water partition coefficient (Wildman–Crippen LogP) is 0.832. The Bertz CT molecular complexity index is 750. The van der Waals surface area contributed by atoms with Gasteiger partial charge in [0.2, 0.25) is 5.91 Å². The molecular weight excluding hydrogens is 294 g/mol. The van der Waals surface area contributed by atoms with Gasteiger partial charge in [0.25, 0.3) is 5.91 Å². The monoisotopic (exact) mass is 313 g/mol. The average Bonchev–Trinajstić information content (AvgIpc) is 3.15. The van der Waals surface area contributed by atoms with E-state index in [0.29, 0.717) is 30.9 Å². The Labute approximate surface area is 134 Å². The normalized spacial score (nSPS) is 17.5. The van der Waals surface area contributed by atoms with Crippen molar-refractivity contribution in [3.8, 4) is 5.69 Å². The van der Waals surface area contributed by atoms with Crippen molar-refractivity contribution in [2.75, 3.05) is 13.1 Å². The highest BCUT2D eigenvalue weighted by Crippen LogP contribution is 2.20. The molecule has 0 radical (unpaired) electrons. The molecule has 1 aromatic heterocycles. The van der Waals surface area contributed by atoms with Crippen LogP contribution in [0.3, 0.4) is 0 Å². The Morgan fingerprint density at radius 2 is 1.91 bits per heavy atom. The van der Waals surface area contributed by atoms with E-state index in [1.165, 1.54) is 0 Å². The Kier molecular flexibility index (Phi) is 3.85. The van der Waals surface area contributed by atoms with Gasteiger partial charge in [-0.3, -0.25) is 9.59 Å². The van der Waals surface area contributed by atoms with Crippen LogP contribution in [0.4, 0.5) is 0 Å². The molecule has 0 saturated carbocycles. The Morgan fingerprint density at radius 3 is 2.52 bits per heavy atom. The second-order valence-electron chi connectivity index (χ2n) is 5.91. The molecule has 2 aromatic rings. The van der Waals surface area contributed by atoms with E-state index >= 15 is 0 Å². The van der Waals surface area contributed by atoms with Crippen molar-refractivity contribution >= 4 is 11.8 Å². The van der Waals surface area contributed by atoms with E-state index in [9.17, 15) is 9.59 Å². The summed E-state index contributed by atoms with van der Waals surface area (Å²) in [5.74, 6) is -0.837. The standard InChI is InChI=1S/C16H19N5O2/c1-10-3-5-13(6-4-10)21-11(2)14(18-19-21)16(23)20-8-7-12(9-20)15(17)22/h3-6,12H,7-9H2,1-2H3,(H2,17,22). The van der Waals surface area contributed by atoms with Crippen LogP contribution in [0, 0.1) is 19.8 Å². The second kappa shape index (κ2) is 5.83. The number of carbonyl (C=O) groups is 2. The minimum Gasteiger partial charge on any atom is -0.369 e. The van der Waals surface area contributed by atoms with E-state index in [1.54, 1.807) is 9.58 Å². The van der Waals surface area contributed by atoms with Crippen LogP contribution in [0.1, 0.15) is 28.2 Å². The third kappa shape index (κ3) is 2.81. The van der Waals surface area contributed by atoms with Gasteiger partial charge in [-0.25, -0.2) is 4.68 Å². The number of carbonyl (C=O) groups excluding carboxylic acids is 2. The van der Waals surface area contributed by atoms with Crippen LogP contribution in [-0.2, 0) is 4.79 Å². The Balaban J connectivity index is 1.83. The second-order valence-corrected chi connectivity index (χ2v) is 5.91. The number of rotatable bonds is 3. The lowest BCUT2D eigenvalue weighted by molar-refractivity contribution is -0.121. The first-order valence-electron chi connectivity index (χ1n) is 7.55. The number of hydrogen-bond donors (Lipinski definition) is 1. The number of aromatic nitrogens is 3. The molecule has 1 atom stereocenters. The smallest absolute Gasteiger partial charge is 0.276 e. The lowest BCUT2D eigenvalue weighted by Crippen LogP contribution is -2.32. The van der Waals surface area contributed by atoms with Gasteiger partial charge in [-0.1, -0.05) is 22.9 Å². The van der Waals surface area contributed by atoms with Crippen LogP contribution in [0.2, 0.25) is 0 Å². The molecule has 0 aliphatic carbocycles. The van der Waals surface area contributed by atoms with E-state index in [-0.39, 0.29) is 17.7 Å². The SMILES string of the molecule is Cc1ccc(-n2nnc(C(=O)N3CCC(C(N)=O)C3)c2C)cc1. The lowest BCUT2D eigenvalue weighted by Gasteiger charge is -2.14. The molecule has 2 heterocycles. The van der Waals surface area contributed by atoms with Crippen molar-refractivity contribution in [1.29, 1.82) is 0 Å². The molecule has 23 heavy (non-hydrogen) atoms. The molecule has 1 fully saturated rings. The van der Waals surface area contributed by atoms with Gasteiger partial charge < -0.3 is 10.6 Å². The molecule has 7 nitrogen and oxygen atoms in total. The van der Waals surface area contributed by atoms with Crippen molar-refractivity contribution in [1.82, 2.24) is 19.9 Å². The number of likely N-dealkylation sites (tertiary alicyclic amines) is 1. The van der Waals surface area contributed by atoms with Gasteiger partial charge in [-0.05, 0) is 32.4 Å². The number of hydrogen-bond acceptors (Lipinski definition) is 4. The van der Waals surface area contributed by atoms with Crippen LogP contribution >= 0.6 is 0 Å². The summed E-state index contributed by atoms with van der Waals surface area (Å²) in [5, 5.41) is 8.12. The maximum Gasteiger partial charge on any atom is 0.276 e. The highest BCUT2D eigenvalue weighted by Gasteiger charge is 2.32. The first kappa shape index (κ1) is 15.2. The third-order valence-electron chi connectivity index (χ3n) is 4.25. The van der Waals surface area contributed by atoms with E-state index in [2.05, 4.69) is 10.3 Å². The molecule has 0 bridgehead atoms. The van der Waals surface area contributed by atoms with E-state index < -0.39 is 0 Å². The summed E-state index contributed by atoms with van der Waals surface area (Å²) in [7, 11) is 0. The van der Waals surface area contributed by atoms with Crippen molar-refractivity contribution in [3.63, 3.8) is 0 Å². The Morgan fingerprint density at radius 1 is 1.22 bits per heavy atom. The molecule has 7 heteroatoms. The van der Waals surface area contributed by atoms with Crippen LogP contribution in [0.5, 0.6) is 0 Å². The van der Waals surface area contributed by atoms with Gasteiger partial charge in [0, 0.05) is 13.1 Å². The van der Waals surface area contributed by atoms with E-state index in [0.717, 1.165) is 11.3 Å². The van der Waals surface area contributed by atoms with E-state index in [1.807, 2.05) is 38.1 Å². The molecule has 1 unspecified atom stereocenters. The van der Waals surface area contributed by atoms with Gasteiger partial charge in [0.15, 0.2) is 5.69 Å². The quantitative estimate of drug-likeness (QED) is 0.908. The summed E-state index contributed by atoms with van der Waals surface area (Å²) in [6.45, 7) is 4.69. The average molecular weight is 313 g/mol. The van der Waals surface area contributed by atoms with Crippen LogP contribution in [0.15, 0.2) is 24.3 Å². The molecule has 2 N–H and O–H groups in total. The van der Waals surface area contributed by atoms with Gasteiger partial charge in [0.1, 0.15) is 0 Å². The van der Waals surface area contributed by atoms with Crippen molar-refractivity contribution in [2.45, 2.75) is 20.3 Å². The van der Waals surface area contributed by atoms with E-state index in [4.69, 9.17) is 5.73 Å². The van der Waals surface area contributed by atoms with Gasteiger partial charge in [-0.15, -0.1) is 5.10 Å². The molecule has 120 valence electrons. The number of nitrogens with zero attached hydrogens (tertiary/aromatic N) is 4. The summed E-state index contributed by atoms with van der Waals surface area (Å²) in [6, 6.07) is 7.83. The molecule has 2 amide bonds. The third-order valence-corrected chi connectivity index (χ3v) is 4.25. The first-order chi connectivity index (χ1) is 11.0. The van der Waals surface area contributed by atoms with Crippen molar-refractivity contribution in [3.05, 3.63) is 41.2 Å². The fraction of sp³-hybridized carbons (Fsp3) is 0.375. The summed E-state index contributed by atoms with van der Waals surface area (Å²) in [6.07, 6.45) is 0.603. The minimum atomic E-state index is -0.361. The molecule has 0 spiro atoms. The van der Waals surface area contributed by atoms with Gasteiger partial charge >= 0.3 is 0 Å². The van der Waals surface area contributed by atoms with Gasteiger partial charge in [-0.2, -0.15) is 0 Å². The largest absolute Gasteiger partial charge is 0.369 e. The minimum absolute atomic E-state index is 0.204. The van der Waals surface area contributed by atoms with Gasteiger partial charge in [0.05, 0.1) is 17.3 Å². The fourth-order valence-corrected chi connectivity index (χ4v) is 2.78. The summed E-state index contributed by atoms with van der Waals surface area (Å²) < 4.78 is 1.65. The number of nitrogens with two attached hydrogens (primary N) is 1. The highest BCUT2D eigenvalue weighted by molar-refractivity contribution is 5.94. The van der Waals surface area contributed by atoms with Crippen molar-refractivity contribution in [2.24, 2.45) is 11.7 Å². The zero-order valence-corrected chi connectivity index (χ0v) is 13.2. The molecule has 1 aromatic carbocycles. The summed E-state index contributed by atoms with van der Waals surface area (Å²) in [4.78, 5) is 25.5. The maximum absolute atomic E-state index is 12.6. The van der Waals surface area contributed by atoms with Crippen LogP contribution < -0.4 is 5.73 Å². The fourth-order valence-electron chi connectivity index (χ4n) is 2.78. The highest BCUT2D eigenvalue weighted by atomic mass is 16.2. The topological polar surface area (TPSA) is 94.1 Å². The number of aryl methyl sites for hydroxylation is 1. The zero-order valence-electron chi connectivity index (χ0n) is 13.2. The molecule has 3 rings (SSSR count). The van der Waals surface area contributed by atoms with Crippen molar-refractivity contribution < 1.29 is 9.59 Å². The van der Waals surface area contributed by atoms with Crippen LogP contribution in [0.25, 0.3) is 5.69 Å². The number of benzene rings is 1. The number of primary amides is 1.